The van der Waals surface area contributed by atoms with Gasteiger partial charge in [-0.05, 0) is 33.8 Å². The molecule has 0 atom stereocenters. The van der Waals surface area contributed by atoms with Crippen LogP contribution in [0.1, 0.15) is 20.3 Å². The molecular formula is C12H17BrN2O3. The van der Waals surface area contributed by atoms with Crippen molar-refractivity contribution >= 4 is 27.3 Å². The van der Waals surface area contributed by atoms with Gasteiger partial charge in [-0.1, -0.05) is 13.8 Å². The SMILES string of the molecule is CC(C)(CCO)CNc1ccc([N+](=O)[O-])cc1Br. The zero-order valence-electron chi connectivity index (χ0n) is 10.4. The number of benzene rings is 1. The van der Waals surface area contributed by atoms with Gasteiger partial charge in [0.2, 0.25) is 0 Å². The average Bonchev–Trinajstić information content (AvgIpc) is 2.27. The van der Waals surface area contributed by atoms with Crippen LogP contribution in [0, 0.1) is 15.5 Å². The van der Waals surface area contributed by atoms with E-state index in [-0.39, 0.29) is 17.7 Å². The van der Waals surface area contributed by atoms with Crippen LogP contribution in [-0.4, -0.2) is 23.2 Å². The largest absolute Gasteiger partial charge is 0.396 e. The lowest BCUT2D eigenvalue weighted by atomic mass is 9.90. The van der Waals surface area contributed by atoms with Gasteiger partial charge in [-0.25, -0.2) is 0 Å². The van der Waals surface area contributed by atoms with Crippen LogP contribution in [0.25, 0.3) is 0 Å². The van der Waals surface area contributed by atoms with E-state index >= 15 is 0 Å². The molecule has 2 N–H and O–H groups in total. The lowest BCUT2D eigenvalue weighted by molar-refractivity contribution is -0.384. The Bertz CT molecular complexity index is 435. The third-order valence-corrected chi connectivity index (χ3v) is 3.37. The summed E-state index contributed by atoms with van der Waals surface area (Å²) >= 11 is 3.31. The Morgan fingerprint density at radius 2 is 2.17 bits per heavy atom. The van der Waals surface area contributed by atoms with E-state index < -0.39 is 4.92 Å². The Morgan fingerprint density at radius 3 is 2.67 bits per heavy atom. The molecule has 0 fully saturated rings. The summed E-state index contributed by atoms with van der Waals surface area (Å²) in [6.45, 7) is 4.94. The van der Waals surface area contributed by atoms with Crippen molar-refractivity contribution in [2.75, 3.05) is 18.5 Å². The van der Waals surface area contributed by atoms with Crippen LogP contribution in [0.4, 0.5) is 11.4 Å². The second-order valence-corrected chi connectivity index (χ2v) is 5.77. The van der Waals surface area contributed by atoms with Gasteiger partial charge in [0.25, 0.3) is 5.69 Å². The predicted molar refractivity (Wildman–Crippen MR) is 74.8 cm³/mol. The molecule has 0 amide bonds. The highest BCUT2D eigenvalue weighted by atomic mass is 79.9. The summed E-state index contributed by atoms with van der Waals surface area (Å²) in [4.78, 5) is 10.2. The van der Waals surface area contributed by atoms with Crippen molar-refractivity contribution in [3.63, 3.8) is 0 Å². The van der Waals surface area contributed by atoms with Gasteiger partial charge in [0.15, 0.2) is 0 Å². The smallest absolute Gasteiger partial charge is 0.270 e. The summed E-state index contributed by atoms with van der Waals surface area (Å²) in [7, 11) is 0. The van der Waals surface area contributed by atoms with Crippen molar-refractivity contribution in [1.82, 2.24) is 0 Å². The van der Waals surface area contributed by atoms with Crippen LogP contribution < -0.4 is 5.32 Å². The molecule has 0 bridgehead atoms. The van der Waals surface area contributed by atoms with Crippen molar-refractivity contribution in [3.8, 4) is 0 Å². The fraction of sp³-hybridized carbons (Fsp3) is 0.500. The first-order chi connectivity index (χ1) is 8.35. The van der Waals surface area contributed by atoms with Crippen molar-refractivity contribution in [2.45, 2.75) is 20.3 Å². The first-order valence-electron chi connectivity index (χ1n) is 5.64. The van der Waals surface area contributed by atoms with Crippen LogP contribution in [0.15, 0.2) is 22.7 Å². The molecule has 0 saturated heterocycles. The summed E-state index contributed by atoms with van der Waals surface area (Å²) in [5, 5.41) is 22.8. The number of non-ortho nitro benzene ring substituents is 1. The van der Waals surface area contributed by atoms with Crippen LogP contribution in [0.2, 0.25) is 0 Å². The highest BCUT2D eigenvalue weighted by Crippen LogP contribution is 2.29. The van der Waals surface area contributed by atoms with Gasteiger partial charge in [0.1, 0.15) is 0 Å². The highest BCUT2D eigenvalue weighted by molar-refractivity contribution is 9.10. The molecule has 100 valence electrons. The molecule has 5 nitrogen and oxygen atoms in total. The van der Waals surface area contributed by atoms with Gasteiger partial charge in [-0.15, -0.1) is 0 Å². The molecule has 0 aliphatic heterocycles. The van der Waals surface area contributed by atoms with Crippen molar-refractivity contribution in [1.29, 1.82) is 0 Å². The Labute approximate surface area is 114 Å². The number of anilines is 1. The number of aliphatic hydroxyl groups is 1. The molecule has 0 aromatic heterocycles. The monoisotopic (exact) mass is 316 g/mol. The summed E-state index contributed by atoms with van der Waals surface area (Å²) in [6, 6.07) is 4.62. The fourth-order valence-corrected chi connectivity index (χ4v) is 1.99. The van der Waals surface area contributed by atoms with Crippen LogP contribution in [0.5, 0.6) is 0 Å². The molecule has 0 aliphatic carbocycles. The maximum Gasteiger partial charge on any atom is 0.270 e. The van der Waals surface area contributed by atoms with Gasteiger partial charge in [0.05, 0.1) is 4.92 Å². The van der Waals surface area contributed by atoms with Gasteiger partial charge in [0, 0.05) is 35.4 Å². The molecular weight excluding hydrogens is 300 g/mol. The Hall–Kier alpha value is -1.14. The van der Waals surface area contributed by atoms with Crippen molar-refractivity contribution in [3.05, 3.63) is 32.8 Å². The molecule has 6 heteroatoms. The van der Waals surface area contributed by atoms with E-state index in [1.54, 1.807) is 6.07 Å². The minimum atomic E-state index is -0.426. The number of aliphatic hydroxyl groups excluding tert-OH is 1. The molecule has 0 aliphatic rings. The van der Waals surface area contributed by atoms with E-state index in [1.165, 1.54) is 12.1 Å². The van der Waals surface area contributed by atoms with Gasteiger partial charge in [-0.3, -0.25) is 10.1 Å². The summed E-state index contributed by atoms with van der Waals surface area (Å²) in [5.74, 6) is 0. The number of nitrogens with zero attached hydrogens (tertiary/aromatic N) is 1. The number of hydrogen-bond acceptors (Lipinski definition) is 4. The van der Waals surface area contributed by atoms with Crippen molar-refractivity contribution < 1.29 is 10.0 Å². The van der Waals surface area contributed by atoms with Gasteiger partial charge < -0.3 is 10.4 Å². The first-order valence-corrected chi connectivity index (χ1v) is 6.44. The standard InChI is InChI=1S/C12H17BrN2O3/c1-12(2,5-6-16)8-14-11-4-3-9(15(17)18)7-10(11)13/h3-4,7,14,16H,5-6,8H2,1-2H3. The lowest BCUT2D eigenvalue weighted by Gasteiger charge is -2.24. The topological polar surface area (TPSA) is 75.4 Å². The molecule has 1 rings (SSSR count). The molecule has 0 unspecified atom stereocenters. The summed E-state index contributed by atoms with van der Waals surface area (Å²) in [6.07, 6.45) is 0.699. The van der Waals surface area contributed by atoms with Crippen LogP contribution in [-0.2, 0) is 0 Å². The van der Waals surface area contributed by atoms with E-state index in [9.17, 15) is 10.1 Å². The van der Waals surface area contributed by atoms with E-state index in [2.05, 4.69) is 35.1 Å². The average molecular weight is 317 g/mol. The number of nitro groups is 1. The molecule has 1 aromatic carbocycles. The second-order valence-electron chi connectivity index (χ2n) is 4.91. The summed E-state index contributed by atoms with van der Waals surface area (Å²) < 4.78 is 0.663. The van der Waals surface area contributed by atoms with Gasteiger partial charge >= 0.3 is 0 Å². The Morgan fingerprint density at radius 1 is 1.50 bits per heavy atom. The molecule has 18 heavy (non-hydrogen) atoms. The van der Waals surface area contributed by atoms with Crippen LogP contribution >= 0.6 is 15.9 Å². The first kappa shape index (κ1) is 14.9. The molecule has 0 radical (unpaired) electrons. The normalized spacial score (nSPS) is 11.3. The van der Waals surface area contributed by atoms with E-state index in [0.717, 1.165) is 5.69 Å². The zero-order valence-corrected chi connectivity index (χ0v) is 12.0. The lowest BCUT2D eigenvalue weighted by Crippen LogP contribution is -2.24. The second kappa shape index (κ2) is 6.15. The summed E-state index contributed by atoms with van der Waals surface area (Å²) in [5.41, 5.74) is 0.837. The number of nitro benzene ring substituents is 1. The third-order valence-electron chi connectivity index (χ3n) is 2.71. The van der Waals surface area contributed by atoms with E-state index in [4.69, 9.17) is 5.11 Å². The minimum absolute atomic E-state index is 0.0318. The quantitative estimate of drug-likeness (QED) is 0.624. The number of nitrogens with one attached hydrogen (secondary N) is 1. The molecule has 0 heterocycles. The van der Waals surface area contributed by atoms with Gasteiger partial charge in [-0.2, -0.15) is 0 Å². The van der Waals surface area contributed by atoms with E-state index in [0.29, 0.717) is 17.4 Å². The zero-order chi connectivity index (χ0) is 13.8. The Balaban J connectivity index is 2.71. The maximum atomic E-state index is 10.6. The minimum Gasteiger partial charge on any atom is -0.396 e. The molecule has 0 saturated carbocycles. The highest BCUT2D eigenvalue weighted by Gasteiger charge is 2.17. The predicted octanol–water partition coefficient (Wildman–Crippen LogP) is 3.18. The number of rotatable bonds is 6. The maximum absolute atomic E-state index is 10.6. The Kier molecular flexibility index (Phi) is 5.10. The number of hydrogen-bond donors (Lipinski definition) is 2. The van der Waals surface area contributed by atoms with Crippen molar-refractivity contribution in [2.24, 2.45) is 5.41 Å². The fourth-order valence-electron chi connectivity index (χ4n) is 1.49. The van der Waals surface area contributed by atoms with Crippen LogP contribution in [0.3, 0.4) is 0 Å². The molecule has 0 spiro atoms. The molecule has 1 aromatic rings. The number of halogens is 1. The third kappa shape index (κ3) is 4.27. The van der Waals surface area contributed by atoms with E-state index in [1.807, 2.05) is 0 Å².